The van der Waals surface area contributed by atoms with E-state index in [0.717, 1.165) is 11.3 Å². The van der Waals surface area contributed by atoms with Crippen LogP contribution in [0.2, 0.25) is 0 Å². The molecule has 100 valence electrons. The molecule has 0 radical (unpaired) electrons. The van der Waals surface area contributed by atoms with Gasteiger partial charge in [0.25, 0.3) is 0 Å². The highest BCUT2D eigenvalue weighted by Crippen LogP contribution is 2.19. The third-order valence-corrected chi connectivity index (χ3v) is 2.81. The standard InChI is InChI=1S/C15H16O4/c1-17-12-5-3-4-11(8-12)6-7-13-9-14(18-2)10-15(16)19-13/h3-8,10,13H,9H2,1-2H3/b7-6+. The van der Waals surface area contributed by atoms with Crippen LogP contribution < -0.4 is 4.74 Å². The van der Waals surface area contributed by atoms with Crippen molar-refractivity contribution in [2.75, 3.05) is 14.2 Å². The molecule has 19 heavy (non-hydrogen) atoms. The maximum atomic E-state index is 11.3. The number of ether oxygens (including phenoxy) is 3. The lowest BCUT2D eigenvalue weighted by atomic mass is 10.1. The average Bonchev–Trinajstić information content (AvgIpc) is 2.44. The van der Waals surface area contributed by atoms with E-state index < -0.39 is 0 Å². The molecule has 0 aromatic heterocycles. The summed E-state index contributed by atoms with van der Waals surface area (Å²) >= 11 is 0. The molecule has 0 amide bonds. The molecular formula is C15H16O4. The lowest BCUT2D eigenvalue weighted by molar-refractivity contribution is -0.142. The molecule has 2 rings (SSSR count). The minimum atomic E-state index is -0.372. The summed E-state index contributed by atoms with van der Waals surface area (Å²) in [6.45, 7) is 0. The van der Waals surface area contributed by atoms with E-state index in [4.69, 9.17) is 14.2 Å². The molecule has 0 saturated heterocycles. The van der Waals surface area contributed by atoms with Crippen LogP contribution in [0.15, 0.2) is 42.2 Å². The quantitative estimate of drug-likeness (QED) is 0.780. The molecule has 0 aliphatic carbocycles. The van der Waals surface area contributed by atoms with E-state index in [9.17, 15) is 4.79 Å². The fourth-order valence-corrected chi connectivity index (χ4v) is 1.83. The van der Waals surface area contributed by atoms with E-state index in [-0.39, 0.29) is 12.1 Å². The topological polar surface area (TPSA) is 44.8 Å². The number of hydrogen-bond acceptors (Lipinski definition) is 4. The van der Waals surface area contributed by atoms with Crippen molar-refractivity contribution < 1.29 is 19.0 Å². The second kappa shape index (κ2) is 6.09. The molecule has 0 fully saturated rings. The Kier molecular flexibility index (Phi) is 4.23. The molecule has 4 nitrogen and oxygen atoms in total. The summed E-state index contributed by atoms with van der Waals surface area (Å²) in [5.74, 6) is 1.06. The predicted molar refractivity (Wildman–Crippen MR) is 71.6 cm³/mol. The summed E-state index contributed by atoms with van der Waals surface area (Å²) in [4.78, 5) is 11.3. The number of cyclic esters (lactones) is 1. The van der Waals surface area contributed by atoms with E-state index >= 15 is 0 Å². The van der Waals surface area contributed by atoms with Gasteiger partial charge < -0.3 is 14.2 Å². The number of hydrogen-bond donors (Lipinski definition) is 0. The van der Waals surface area contributed by atoms with Crippen LogP contribution in [0.4, 0.5) is 0 Å². The molecule has 4 heteroatoms. The van der Waals surface area contributed by atoms with Crippen molar-refractivity contribution in [2.45, 2.75) is 12.5 Å². The van der Waals surface area contributed by atoms with Gasteiger partial charge in [-0.15, -0.1) is 0 Å². The van der Waals surface area contributed by atoms with Crippen molar-refractivity contribution in [1.29, 1.82) is 0 Å². The highest BCUT2D eigenvalue weighted by atomic mass is 16.5. The first-order valence-corrected chi connectivity index (χ1v) is 5.98. The fraction of sp³-hybridized carbons (Fsp3) is 0.267. The van der Waals surface area contributed by atoms with Crippen LogP contribution >= 0.6 is 0 Å². The molecule has 0 saturated carbocycles. The summed E-state index contributed by atoms with van der Waals surface area (Å²) in [6, 6.07) is 7.65. The molecule has 1 aromatic carbocycles. The average molecular weight is 260 g/mol. The van der Waals surface area contributed by atoms with Crippen molar-refractivity contribution in [3.05, 3.63) is 47.7 Å². The van der Waals surface area contributed by atoms with Crippen LogP contribution in [0, 0.1) is 0 Å². The van der Waals surface area contributed by atoms with Crippen LogP contribution in [0.5, 0.6) is 5.75 Å². The Morgan fingerprint density at radius 1 is 1.32 bits per heavy atom. The maximum absolute atomic E-state index is 11.3. The molecule has 0 bridgehead atoms. The molecular weight excluding hydrogens is 244 g/mol. The predicted octanol–water partition coefficient (Wildman–Crippen LogP) is 2.55. The summed E-state index contributed by atoms with van der Waals surface area (Å²) in [5.41, 5.74) is 0.990. The van der Waals surface area contributed by atoms with Crippen molar-refractivity contribution in [3.63, 3.8) is 0 Å². The van der Waals surface area contributed by atoms with Crippen molar-refractivity contribution in [1.82, 2.24) is 0 Å². The van der Waals surface area contributed by atoms with Crippen molar-refractivity contribution >= 4 is 12.0 Å². The molecule has 0 N–H and O–H groups in total. The van der Waals surface area contributed by atoms with Gasteiger partial charge in [0.2, 0.25) is 0 Å². The van der Waals surface area contributed by atoms with E-state index in [0.29, 0.717) is 12.2 Å². The van der Waals surface area contributed by atoms with Gasteiger partial charge in [-0.25, -0.2) is 4.79 Å². The Hall–Kier alpha value is -2.23. The Morgan fingerprint density at radius 3 is 2.89 bits per heavy atom. The van der Waals surface area contributed by atoms with Crippen LogP contribution in [-0.2, 0) is 14.3 Å². The summed E-state index contributed by atoms with van der Waals surface area (Å²) < 4.78 is 15.4. The van der Waals surface area contributed by atoms with Crippen molar-refractivity contribution in [3.8, 4) is 5.75 Å². The van der Waals surface area contributed by atoms with Crippen LogP contribution in [0.1, 0.15) is 12.0 Å². The zero-order valence-corrected chi connectivity index (χ0v) is 11.0. The van der Waals surface area contributed by atoms with Gasteiger partial charge in [-0.05, 0) is 23.8 Å². The zero-order chi connectivity index (χ0) is 13.7. The van der Waals surface area contributed by atoms with E-state index in [1.165, 1.54) is 6.08 Å². The smallest absolute Gasteiger partial charge is 0.334 e. The second-order valence-electron chi connectivity index (χ2n) is 4.13. The summed E-state index contributed by atoms with van der Waals surface area (Å²) in [6.07, 6.45) is 5.38. The minimum Gasteiger partial charge on any atom is -0.501 e. The minimum absolute atomic E-state index is 0.293. The largest absolute Gasteiger partial charge is 0.501 e. The fourth-order valence-electron chi connectivity index (χ4n) is 1.83. The SMILES string of the molecule is COC1=CC(=O)OC(/C=C/c2cccc(OC)c2)C1. The first-order valence-electron chi connectivity index (χ1n) is 5.98. The van der Waals surface area contributed by atoms with Crippen LogP contribution in [0.3, 0.4) is 0 Å². The van der Waals surface area contributed by atoms with Gasteiger partial charge >= 0.3 is 5.97 Å². The Balaban J connectivity index is 2.06. The molecule has 1 unspecified atom stereocenters. The zero-order valence-electron chi connectivity index (χ0n) is 11.0. The van der Waals surface area contributed by atoms with Crippen LogP contribution in [0.25, 0.3) is 6.08 Å². The van der Waals surface area contributed by atoms with E-state index in [1.807, 2.05) is 36.4 Å². The lowest BCUT2D eigenvalue weighted by Gasteiger charge is -2.19. The molecule has 1 aromatic rings. The third kappa shape index (κ3) is 3.61. The van der Waals surface area contributed by atoms with Gasteiger partial charge in [-0.1, -0.05) is 18.2 Å². The maximum Gasteiger partial charge on any atom is 0.334 e. The first-order chi connectivity index (χ1) is 9.21. The lowest BCUT2D eigenvalue weighted by Crippen LogP contribution is -2.21. The molecule has 1 aliphatic heterocycles. The number of methoxy groups -OCH3 is 2. The number of carbonyl (C=O) groups is 1. The molecule has 0 spiro atoms. The van der Waals surface area contributed by atoms with Gasteiger partial charge in [-0.2, -0.15) is 0 Å². The van der Waals surface area contributed by atoms with Gasteiger partial charge in [-0.3, -0.25) is 0 Å². The number of benzene rings is 1. The summed E-state index contributed by atoms with van der Waals surface area (Å²) in [7, 11) is 3.18. The first kappa shape index (κ1) is 13.2. The van der Waals surface area contributed by atoms with Crippen LogP contribution in [-0.4, -0.2) is 26.3 Å². The van der Waals surface area contributed by atoms with Gasteiger partial charge in [0.15, 0.2) is 0 Å². The summed E-state index contributed by atoms with van der Waals surface area (Å²) in [5, 5.41) is 0. The highest BCUT2D eigenvalue weighted by Gasteiger charge is 2.19. The molecule has 1 heterocycles. The number of rotatable bonds is 4. The van der Waals surface area contributed by atoms with Gasteiger partial charge in [0.1, 0.15) is 17.6 Å². The highest BCUT2D eigenvalue weighted by molar-refractivity contribution is 5.83. The number of esters is 1. The normalized spacial score (nSPS) is 18.9. The van der Waals surface area contributed by atoms with Gasteiger partial charge in [0.05, 0.1) is 20.3 Å². The molecule has 1 atom stereocenters. The Bertz CT molecular complexity index is 517. The monoisotopic (exact) mass is 260 g/mol. The van der Waals surface area contributed by atoms with E-state index in [2.05, 4.69) is 0 Å². The Labute approximate surface area is 112 Å². The van der Waals surface area contributed by atoms with E-state index in [1.54, 1.807) is 14.2 Å². The third-order valence-electron chi connectivity index (χ3n) is 2.81. The molecule has 1 aliphatic rings. The van der Waals surface area contributed by atoms with Crippen molar-refractivity contribution in [2.24, 2.45) is 0 Å². The Morgan fingerprint density at radius 2 is 2.16 bits per heavy atom. The van der Waals surface area contributed by atoms with Gasteiger partial charge in [0, 0.05) is 6.42 Å². The number of carbonyl (C=O) groups excluding carboxylic acids is 1. The second-order valence-corrected chi connectivity index (χ2v) is 4.13.